The van der Waals surface area contributed by atoms with Crippen LogP contribution in [0.1, 0.15) is 41.9 Å². The Hall–Kier alpha value is -2.96. The largest absolute Gasteiger partial charge is 0.462 e. The molecule has 1 aliphatic carbocycles. The molecule has 0 aliphatic heterocycles. The van der Waals surface area contributed by atoms with Crippen molar-refractivity contribution in [1.82, 2.24) is 9.78 Å². The number of anilines is 1. The first-order valence-electron chi connectivity index (χ1n) is 9.13. The van der Waals surface area contributed by atoms with Crippen molar-refractivity contribution < 1.29 is 14.3 Å². The first kappa shape index (κ1) is 18.8. The van der Waals surface area contributed by atoms with Crippen molar-refractivity contribution in [1.29, 1.82) is 0 Å². The molecule has 7 nitrogen and oxygen atoms in total. The molecule has 142 valence electrons. The van der Waals surface area contributed by atoms with Crippen molar-refractivity contribution in [2.45, 2.75) is 39.7 Å². The van der Waals surface area contributed by atoms with Gasteiger partial charge in [0.1, 0.15) is 6.54 Å². The number of amides is 1. The lowest BCUT2D eigenvalue weighted by Gasteiger charge is -2.20. The third kappa shape index (κ3) is 4.61. The predicted molar refractivity (Wildman–Crippen MR) is 101 cm³/mol. The Labute approximate surface area is 157 Å². The van der Waals surface area contributed by atoms with Crippen molar-refractivity contribution >= 4 is 17.6 Å². The van der Waals surface area contributed by atoms with Gasteiger partial charge in [-0.1, -0.05) is 6.92 Å². The van der Waals surface area contributed by atoms with E-state index in [4.69, 9.17) is 4.74 Å². The number of hydrogen-bond donors (Lipinski definition) is 1. The minimum atomic E-state index is -0.408. The Kier molecular flexibility index (Phi) is 5.69. The zero-order valence-electron chi connectivity index (χ0n) is 15.5. The van der Waals surface area contributed by atoms with E-state index in [9.17, 15) is 14.4 Å². The summed E-state index contributed by atoms with van der Waals surface area (Å²) >= 11 is 0. The molecule has 0 saturated carbocycles. The maximum absolute atomic E-state index is 12.3. The van der Waals surface area contributed by atoms with E-state index < -0.39 is 5.97 Å². The normalized spacial score (nSPS) is 15.7. The fraction of sp³-hybridized carbons (Fsp3) is 0.400. The maximum atomic E-state index is 12.3. The summed E-state index contributed by atoms with van der Waals surface area (Å²) in [4.78, 5) is 36.1. The molecule has 1 aromatic carbocycles. The van der Waals surface area contributed by atoms with Crippen LogP contribution in [0.5, 0.6) is 0 Å². The van der Waals surface area contributed by atoms with Crippen LogP contribution in [0.2, 0.25) is 0 Å². The first-order valence-corrected chi connectivity index (χ1v) is 9.13. The number of nitrogens with zero attached hydrogens (tertiary/aromatic N) is 2. The molecule has 0 saturated heterocycles. The number of rotatable bonds is 5. The van der Waals surface area contributed by atoms with E-state index in [1.165, 1.54) is 4.68 Å². The molecule has 2 aromatic rings. The summed E-state index contributed by atoms with van der Waals surface area (Å²) in [5, 5.41) is 7.08. The van der Waals surface area contributed by atoms with Gasteiger partial charge in [0.05, 0.1) is 17.9 Å². The summed E-state index contributed by atoms with van der Waals surface area (Å²) in [5.41, 5.74) is 2.57. The number of ether oxygens (including phenoxy) is 1. The molecule has 27 heavy (non-hydrogen) atoms. The highest BCUT2D eigenvalue weighted by molar-refractivity contribution is 5.92. The van der Waals surface area contributed by atoms with Crippen LogP contribution >= 0.6 is 0 Å². The van der Waals surface area contributed by atoms with Gasteiger partial charge in [0.25, 0.3) is 5.56 Å². The standard InChI is InChI=1S/C20H23N3O4/c1-3-27-20(26)14-5-7-16(8-6-14)21-18(24)12-23-19(25)11-15-10-13(2)4-9-17(15)22-23/h5-8,11,13H,3-4,9-10,12H2,1-2H3,(H,21,24)/t13-/m0/s1. The van der Waals surface area contributed by atoms with Crippen molar-refractivity contribution in [3.63, 3.8) is 0 Å². The third-order valence-electron chi connectivity index (χ3n) is 4.58. The molecule has 1 heterocycles. The Morgan fingerprint density at radius 2 is 2.04 bits per heavy atom. The van der Waals surface area contributed by atoms with Crippen LogP contribution < -0.4 is 10.9 Å². The van der Waals surface area contributed by atoms with E-state index >= 15 is 0 Å². The molecule has 0 spiro atoms. The van der Waals surface area contributed by atoms with Gasteiger partial charge in [-0.2, -0.15) is 5.10 Å². The SMILES string of the molecule is CCOC(=O)c1ccc(NC(=O)Cn2nc3c(cc2=O)C[C@@H](C)CC3)cc1. The molecule has 1 atom stereocenters. The minimum Gasteiger partial charge on any atom is -0.462 e. The van der Waals surface area contributed by atoms with Crippen molar-refractivity contribution in [3.05, 3.63) is 57.5 Å². The molecule has 1 amide bonds. The summed E-state index contributed by atoms with van der Waals surface area (Å²) in [6, 6.07) is 8.00. The van der Waals surface area contributed by atoms with Gasteiger partial charge >= 0.3 is 5.97 Å². The maximum Gasteiger partial charge on any atom is 0.338 e. The van der Waals surface area contributed by atoms with Crippen LogP contribution in [0, 0.1) is 5.92 Å². The Morgan fingerprint density at radius 1 is 1.30 bits per heavy atom. The van der Waals surface area contributed by atoms with Crippen LogP contribution in [0.3, 0.4) is 0 Å². The fourth-order valence-electron chi connectivity index (χ4n) is 3.17. The van der Waals surface area contributed by atoms with E-state index in [1.54, 1.807) is 37.3 Å². The van der Waals surface area contributed by atoms with Crippen molar-refractivity contribution in [2.24, 2.45) is 5.92 Å². The molecular formula is C20H23N3O4. The minimum absolute atomic E-state index is 0.151. The number of benzene rings is 1. The summed E-state index contributed by atoms with van der Waals surface area (Å²) in [7, 11) is 0. The Morgan fingerprint density at radius 3 is 2.74 bits per heavy atom. The molecule has 1 N–H and O–H groups in total. The second kappa shape index (κ2) is 8.16. The number of carbonyl (C=O) groups is 2. The highest BCUT2D eigenvalue weighted by Crippen LogP contribution is 2.22. The van der Waals surface area contributed by atoms with Gasteiger partial charge in [-0.05, 0) is 61.9 Å². The quantitative estimate of drug-likeness (QED) is 0.816. The zero-order valence-corrected chi connectivity index (χ0v) is 15.5. The van der Waals surface area contributed by atoms with Crippen LogP contribution in [0.15, 0.2) is 35.1 Å². The number of fused-ring (bicyclic) bond motifs is 1. The van der Waals surface area contributed by atoms with E-state index in [-0.39, 0.29) is 18.0 Å². The van der Waals surface area contributed by atoms with E-state index in [0.717, 1.165) is 30.5 Å². The lowest BCUT2D eigenvalue weighted by Crippen LogP contribution is -2.32. The van der Waals surface area contributed by atoms with Gasteiger partial charge < -0.3 is 10.1 Å². The average molecular weight is 369 g/mol. The summed E-state index contributed by atoms with van der Waals surface area (Å²) < 4.78 is 6.13. The number of hydrogen-bond acceptors (Lipinski definition) is 5. The smallest absolute Gasteiger partial charge is 0.338 e. The fourth-order valence-corrected chi connectivity index (χ4v) is 3.17. The van der Waals surface area contributed by atoms with Crippen LogP contribution in [0.25, 0.3) is 0 Å². The Bertz CT molecular complexity index is 902. The van der Waals surface area contributed by atoms with Crippen molar-refractivity contribution in [3.8, 4) is 0 Å². The number of esters is 1. The van der Waals surface area contributed by atoms with E-state index in [1.807, 2.05) is 0 Å². The average Bonchev–Trinajstić information content (AvgIpc) is 2.63. The van der Waals surface area contributed by atoms with Gasteiger partial charge in [-0.15, -0.1) is 0 Å². The molecule has 7 heteroatoms. The molecule has 1 aromatic heterocycles. The highest BCUT2D eigenvalue weighted by Gasteiger charge is 2.19. The molecule has 0 bridgehead atoms. The lowest BCUT2D eigenvalue weighted by molar-refractivity contribution is -0.117. The predicted octanol–water partition coefficient (Wildman–Crippen LogP) is 2.18. The molecule has 0 unspecified atom stereocenters. The molecule has 1 aliphatic rings. The second-order valence-electron chi connectivity index (χ2n) is 6.81. The van der Waals surface area contributed by atoms with Gasteiger partial charge in [-0.25, -0.2) is 9.48 Å². The Balaban J connectivity index is 1.66. The summed E-state index contributed by atoms with van der Waals surface area (Å²) in [6.07, 6.45) is 2.72. The highest BCUT2D eigenvalue weighted by atomic mass is 16.5. The first-order chi connectivity index (χ1) is 13.0. The number of carbonyl (C=O) groups excluding carboxylic acids is 2. The third-order valence-corrected chi connectivity index (χ3v) is 4.58. The molecule has 0 radical (unpaired) electrons. The molecular weight excluding hydrogens is 346 g/mol. The summed E-state index contributed by atoms with van der Waals surface area (Å²) in [6.45, 7) is 4.05. The zero-order chi connectivity index (χ0) is 19.4. The van der Waals surface area contributed by atoms with Gasteiger partial charge in [0.2, 0.25) is 5.91 Å². The van der Waals surface area contributed by atoms with Crippen LogP contribution in [-0.2, 0) is 28.9 Å². The molecule has 3 rings (SSSR count). The van der Waals surface area contributed by atoms with Gasteiger partial charge in [-0.3, -0.25) is 9.59 Å². The monoisotopic (exact) mass is 369 g/mol. The number of aryl methyl sites for hydroxylation is 1. The summed E-state index contributed by atoms with van der Waals surface area (Å²) in [5.74, 6) is -0.206. The van der Waals surface area contributed by atoms with Crippen LogP contribution in [0.4, 0.5) is 5.69 Å². The number of nitrogens with one attached hydrogen (secondary N) is 1. The van der Waals surface area contributed by atoms with E-state index in [2.05, 4.69) is 17.3 Å². The van der Waals surface area contributed by atoms with Crippen molar-refractivity contribution in [2.75, 3.05) is 11.9 Å². The topological polar surface area (TPSA) is 90.3 Å². The molecule has 0 fully saturated rings. The van der Waals surface area contributed by atoms with Gasteiger partial charge in [0, 0.05) is 11.8 Å². The second-order valence-corrected chi connectivity index (χ2v) is 6.81. The van der Waals surface area contributed by atoms with Gasteiger partial charge in [0.15, 0.2) is 0 Å². The van der Waals surface area contributed by atoms with E-state index in [0.29, 0.717) is 23.8 Å². The van der Waals surface area contributed by atoms with Crippen LogP contribution in [-0.4, -0.2) is 28.3 Å². The number of aromatic nitrogens is 2. The lowest BCUT2D eigenvalue weighted by atomic mass is 9.88.